The van der Waals surface area contributed by atoms with E-state index in [2.05, 4.69) is 20.7 Å². The summed E-state index contributed by atoms with van der Waals surface area (Å²) in [6, 6.07) is 6.44. The van der Waals surface area contributed by atoms with Crippen molar-refractivity contribution in [2.24, 2.45) is 4.99 Å². The highest BCUT2D eigenvalue weighted by Crippen LogP contribution is 2.09. The first-order valence-electron chi connectivity index (χ1n) is 9.60. The molecule has 2 aromatic rings. The molecule has 0 aliphatic carbocycles. The minimum absolute atomic E-state index is 0. The Kier molecular flexibility index (Phi) is 8.94. The lowest BCUT2D eigenvalue weighted by Crippen LogP contribution is -2.38. The number of aliphatic imine (C=N–C) groups is 1. The first-order valence-corrected chi connectivity index (χ1v) is 9.60. The number of aryl methyl sites for hydroxylation is 2. The summed E-state index contributed by atoms with van der Waals surface area (Å²) < 4.78 is 16.6. The Morgan fingerprint density at radius 2 is 2.18 bits per heavy atom. The number of nitrogens with zero attached hydrogens (tertiary/aromatic N) is 4. The fourth-order valence-corrected chi connectivity index (χ4v) is 3.18. The van der Waals surface area contributed by atoms with Crippen LogP contribution in [-0.2, 0) is 26.1 Å². The van der Waals surface area contributed by atoms with Gasteiger partial charge in [-0.2, -0.15) is 5.10 Å². The number of nitrogens with one attached hydrogen (secondary N) is 2. The Morgan fingerprint density at radius 3 is 2.93 bits per heavy atom. The van der Waals surface area contributed by atoms with Gasteiger partial charge in [-0.1, -0.05) is 12.1 Å². The molecule has 0 fully saturated rings. The van der Waals surface area contributed by atoms with Crippen LogP contribution in [0.25, 0.3) is 0 Å². The third-order valence-corrected chi connectivity index (χ3v) is 4.52. The average Bonchev–Trinajstić information content (AvgIpc) is 2.99. The normalized spacial score (nSPS) is 13.6. The molecule has 0 unspecified atom stereocenters. The zero-order chi connectivity index (χ0) is 19.1. The SMILES string of the molecule is CCNC(=NCc1cccc(F)c1)NCCCn1nc2n(c1=O)CCCC2.I. The molecule has 1 aromatic heterocycles. The van der Waals surface area contributed by atoms with Crippen LogP contribution in [0.4, 0.5) is 4.39 Å². The summed E-state index contributed by atoms with van der Waals surface area (Å²) in [6.07, 6.45) is 3.80. The fraction of sp³-hybridized carbons (Fsp3) is 0.526. The van der Waals surface area contributed by atoms with Gasteiger partial charge in [0.05, 0.1) is 6.54 Å². The van der Waals surface area contributed by atoms with Crippen LogP contribution in [0, 0.1) is 5.82 Å². The van der Waals surface area contributed by atoms with Crippen molar-refractivity contribution >= 4 is 29.9 Å². The number of hydrogen-bond acceptors (Lipinski definition) is 3. The topological polar surface area (TPSA) is 76.2 Å². The second kappa shape index (κ2) is 11.2. The van der Waals surface area contributed by atoms with Gasteiger partial charge in [0, 0.05) is 32.6 Å². The maximum atomic E-state index is 13.3. The number of halogens is 2. The van der Waals surface area contributed by atoms with E-state index in [1.807, 2.05) is 13.0 Å². The van der Waals surface area contributed by atoms with Crippen molar-refractivity contribution < 1.29 is 4.39 Å². The van der Waals surface area contributed by atoms with Crippen LogP contribution in [0.1, 0.15) is 37.6 Å². The third kappa shape index (κ3) is 6.05. The maximum Gasteiger partial charge on any atom is 0.345 e. The van der Waals surface area contributed by atoms with Gasteiger partial charge in [0.25, 0.3) is 0 Å². The number of fused-ring (bicyclic) bond motifs is 1. The molecule has 1 aromatic carbocycles. The molecular weight excluding hydrogens is 474 g/mol. The smallest absolute Gasteiger partial charge is 0.345 e. The van der Waals surface area contributed by atoms with Crippen LogP contribution in [0.3, 0.4) is 0 Å². The van der Waals surface area contributed by atoms with Crippen molar-refractivity contribution in [1.29, 1.82) is 0 Å². The van der Waals surface area contributed by atoms with Gasteiger partial charge in [-0.3, -0.25) is 4.57 Å². The molecule has 3 rings (SSSR count). The Hall–Kier alpha value is -1.91. The molecule has 1 aliphatic heterocycles. The van der Waals surface area contributed by atoms with E-state index in [4.69, 9.17) is 0 Å². The van der Waals surface area contributed by atoms with E-state index in [0.29, 0.717) is 25.6 Å². The van der Waals surface area contributed by atoms with Crippen molar-refractivity contribution in [1.82, 2.24) is 25.0 Å². The van der Waals surface area contributed by atoms with Crippen LogP contribution >= 0.6 is 24.0 Å². The summed E-state index contributed by atoms with van der Waals surface area (Å²) in [6.45, 7) is 5.17. The molecule has 0 amide bonds. The second-order valence-corrected chi connectivity index (χ2v) is 6.64. The summed E-state index contributed by atoms with van der Waals surface area (Å²) in [5.41, 5.74) is 0.818. The van der Waals surface area contributed by atoms with Crippen molar-refractivity contribution in [3.05, 3.63) is 52.0 Å². The van der Waals surface area contributed by atoms with Crippen LogP contribution in [0.15, 0.2) is 34.1 Å². The molecule has 0 bridgehead atoms. The molecule has 0 saturated heterocycles. The van der Waals surface area contributed by atoms with Crippen molar-refractivity contribution in [2.45, 2.75) is 52.2 Å². The quantitative estimate of drug-likeness (QED) is 0.264. The first kappa shape index (κ1) is 22.4. The van der Waals surface area contributed by atoms with Crippen molar-refractivity contribution in [3.8, 4) is 0 Å². The summed E-state index contributed by atoms with van der Waals surface area (Å²) in [5.74, 6) is 1.33. The number of benzene rings is 1. The largest absolute Gasteiger partial charge is 0.357 e. The zero-order valence-corrected chi connectivity index (χ0v) is 18.5. The lowest BCUT2D eigenvalue weighted by Gasteiger charge is -2.11. The number of aromatic nitrogens is 3. The predicted octanol–water partition coefficient (Wildman–Crippen LogP) is 2.28. The summed E-state index contributed by atoms with van der Waals surface area (Å²) in [4.78, 5) is 16.8. The third-order valence-electron chi connectivity index (χ3n) is 4.52. The second-order valence-electron chi connectivity index (χ2n) is 6.64. The number of guanidine groups is 1. The molecule has 0 atom stereocenters. The molecule has 0 spiro atoms. The van der Waals surface area contributed by atoms with E-state index in [-0.39, 0.29) is 35.5 Å². The Bertz CT molecular complexity index is 847. The van der Waals surface area contributed by atoms with E-state index in [1.165, 1.54) is 12.1 Å². The molecule has 0 radical (unpaired) electrons. The van der Waals surface area contributed by atoms with Gasteiger partial charge < -0.3 is 10.6 Å². The molecule has 2 N–H and O–H groups in total. The lowest BCUT2D eigenvalue weighted by atomic mass is 10.2. The maximum absolute atomic E-state index is 13.3. The van der Waals surface area contributed by atoms with E-state index in [0.717, 1.165) is 50.2 Å². The van der Waals surface area contributed by atoms with Gasteiger partial charge in [-0.25, -0.2) is 18.9 Å². The Labute approximate surface area is 181 Å². The van der Waals surface area contributed by atoms with E-state index in [9.17, 15) is 9.18 Å². The van der Waals surface area contributed by atoms with Crippen LogP contribution in [0.2, 0.25) is 0 Å². The average molecular weight is 502 g/mol. The molecule has 2 heterocycles. The van der Waals surface area contributed by atoms with Crippen LogP contribution in [-0.4, -0.2) is 33.4 Å². The monoisotopic (exact) mass is 502 g/mol. The number of rotatable bonds is 7. The summed E-state index contributed by atoms with van der Waals surface area (Å²) in [7, 11) is 0. The van der Waals surface area contributed by atoms with Gasteiger partial charge in [0.15, 0.2) is 5.96 Å². The van der Waals surface area contributed by atoms with E-state index >= 15 is 0 Å². The van der Waals surface area contributed by atoms with Crippen LogP contribution in [0.5, 0.6) is 0 Å². The highest BCUT2D eigenvalue weighted by molar-refractivity contribution is 14.0. The lowest BCUT2D eigenvalue weighted by molar-refractivity contribution is 0.509. The molecular formula is C19H28FIN6O. The predicted molar refractivity (Wildman–Crippen MR) is 119 cm³/mol. The van der Waals surface area contributed by atoms with Crippen molar-refractivity contribution in [3.63, 3.8) is 0 Å². The Morgan fingerprint density at radius 1 is 1.32 bits per heavy atom. The summed E-state index contributed by atoms with van der Waals surface area (Å²) in [5, 5.41) is 10.9. The van der Waals surface area contributed by atoms with Gasteiger partial charge in [-0.05, 0) is 43.9 Å². The van der Waals surface area contributed by atoms with E-state index < -0.39 is 0 Å². The van der Waals surface area contributed by atoms with Crippen LogP contribution < -0.4 is 16.3 Å². The first-order chi connectivity index (χ1) is 13.2. The van der Waals surface area contributed by atoms with Crippen molar-refractivity contribution in [2.75, 3.05) is 13.1 Å². The van der Waals surface area contributed by atoms with Gasteiger partial charge in [0.1, 0.15) is 11.6 Å². The highest BCUT2D eigenvalue weighted by Gasteiger charge is 2.16. The van der Waals surface area contributed by atoms with E-state index in [1.54, 1.807) is 15.3 Å². The highest BCUT2D eigenvalue weighted by atomic mass is 127. The van der Waals surface area contributed by atoms with Gasteiger partial charge in [0.2, 0.25) is 0 Å². The number of hydrogen-bond donors (Lipinski definition) is 2. The molecule has 28 heavy (non-hydrogen) atoms. The molecule has 9 heteroatoms. The molecule has 0 saturated carbocycles. The minimum Gasteiger partial charge on any atom is -0.357 e. The zero-order valence-electron chi connectivity index (χ0n) is 16.2. The minimum atomic E-state index is -0.256. The molecule has 7 nitrogen and oxygen atoms in total. The fourth-order valence-electron chi connectivity index (χ4n) is 3.18. The standard InChI is InChI=1S/C19H27FN6O.HI/c1-2-21-18(23-14-15-7-5-8-16(20)13-15)22-10-6-12-26-19(27)25-11-4-3-9-17(25)24-26;/h5,7-8,13H,2-4,6,9-12,14H2,1H3,(H2,21,22,23);1H. The molecule has 154 valence electrons. The summed E-state index contributed by atoms with van der Waals surface area (Å²) >= 11 is 0. The van der Waals surface area contributed by atoms with Gasteiger partial charge in [-0.15, -0.1) is 24.0 Å². The van der Waals surface area contributed by atoms with Gasteiger partial charge >= 0.3 is 5.69 Å². The Balaban J connectivity index is 0.00000280. The molecule has 1 aliphatic rings.